The number of carbonyl (C=O) groups excluding carboxylic acids is 1. The number of likely N-dealkylation sites (tertiary alicyclic amines) is 1. The molecule has 1 unspecified atom stereocenters. The van der Waals surface area contributed by atoms with Crippen molar-refractivity contribution in [3.05, 3.63) is 70.7 Å². The molecule has 1 amide bonds. The number of thiazole rings is 1. The van der Waals surface area contributed by atoms with Crippen molar-refractivity contribution in [3.63, 3.8) is 0 Å². The van der Waals surface area contributed by atoms with Gasteiger partial charge in [-0.15, -0.1) is 11.3 Å². The molecule has 0 aliphatic carbocycles. The molecule has 3 heterocycles. The lowest BCUT2D eigenvalue weighted by Crippen LogP contribution is -2.40. The van der Waals surface area contributed by atoms with Gasteiger partial charge >= 0.3 is 0 Å². The lowest BCUT2D eigenvalue weighted by molar-refractivity contribution is -0.131. The van der Waals surface area contributed by atoms with Gasteiger partial charge in [-0.2, -0.15) is 0 Å². The molecule has 1 aliphatic heterocycles. The summed E-state index contributed by atoms with van der Waals surface area (Å²) in [6.07, 6.45) is 6.44. The molecule has 0 bridgehead atoms. The Bertz CT molecular complexity index is 844. The van der Waals surface area contributed by atoms with Crippen molar-refractivity contribution in [2.24, 2.45) is 0 Å². The SMILES string of the molecule is O=C(Cc1ccccc1)N1CCCC(c2nccn2Cc2cscn2)C1. The van der Waals surface area contributed by atoms with E-state index in [1.807, 2.05) is 53.1 Å². The van der Waals surface area contributed by atoms with Crippen molar-refractivity contribution in [1.82, 2.24) is 19.4 Å². The van der Waals surface area contributed by atoms with Crippen molar-refractivity contribution < 1.29 is 4.79 Å². The minimum Gasteiger partial charge on any atom is -0.342 e. The number of amides is 1. The van der Waals surface area contributed by atoms with Crippen molar-refractivity contribution >= 4 is 17.2 Å². The zero-order valence-electron chi connectivity index (χ0n) is 14.6. The van der Waals surface area contributed by atoms with E-state index in [9.17, 15) is 4.79 Å². The Labute approximate surface area is 157 Å². The summed E-state index contributed by atoms with van der Waals surface area (Å²) in [5.74, 6) is 1.56. The van der Waals surface area contributed by atoms with Crippen LogP contribution in [0.5, 0.6) is 0 Å². The van der Waals surface area contributed by atoms with Crippen LogP contribution in [0.3, 0.4) is 0 Å². The minimum absolute atomic E-state index is 0.207. The second kappa shape index (κ2) is 7.83. The Kier molecular flexibility index (Phi) is 5.11. The third kappa shape index (κ3) is 3.85. The number of carbonyl (C=O) groups is 1. The van der Waals surface area contributed by atoms with Gasteiger partial charge in [-0.1, -0.05) is 30.3 Å². The third-order valence-electron chi connectivity index (χ3n) is 4.90. The number of aromatic nitrogens is 3. The molecule has 0 spiro atoms. The van der Waals surface area contributed by atoms with Gasteiger partial charge in [-0.3, -0.25) is 4.79 Å². The first kappa shape index (κ1) is 17.0. The Morgan fingerprint density at radius 3 is 2.92 bits per heavy atom. The molecule has 26 heavy (non-hydrogen) atoms. The molecule has 4 rings (SSSR count). The third-order valence-corrected chi connectivity index (χ3v) is 5.54. The van der Waals surface area contributed by atoms with E-state index < -0.39 is 0 Å². The fourth-order valence-electron chi connectivity index (χ4n) is 3.60. The monoisotopic (exact) mass is 366 g/mol. The number of piperidine rings is 1. The maximum atomic E-state index is 12.7. The first-order valence-electron chi connectivity index (χ1n) is 8.99. The first-order valence-corrected chi connectivity index (χ1v) is 9.93. The predicted molar refractivity (Wildman–Crippen MR) is 102 cm³/mol. The summed E-state index contributed by atoms with van der Waals surface area (Å²) in [5, 5.41) is 2.07. The quantitative estimate of drug-likeness (QED) is 0.696. The maximum absolute atomic E-state index is 12.7. The van der Waals surface area contributed by atoms with E-state index in [0.717, 1.165) is 49.6 Å². The highest BCUT2D eigenvalue weighted by atomic mass is 32.1. The van der Waals surface area contributed by atoms with Crippen molar-refractivity contribution in [3.8, 4) is 0 Å². The van der Waals surface area contributed by atoms with E-state index in [4.69, 9.17) is 0 Å². The van der Waals surface area contributed by atoms with E-state index in [1.54, 1.807) is 11.3 Å². The van der Waals surface area contributed by atoms with Crippen LogP contribution in [0.4, 0.5) is 0 Å². The smallest absolute Gasteiger partial charge is 0.227 e. The second-order valence-corrected chi connectivity index (χ2v) is 7.45. The largest absolute Gasteiger partial charge is 0.342 e. The molecule has 2 aromatic heterocycles. The van der Waals surface area contributed by atoms with Crippen LogP contribution in [0.2, 0.25) is 0 Å². The summed E-state index contributed by atoms with van der Waals surface area (Å²) in [6, 6.07) is 9.97. The van der Waals surface area contributed by atoms with E-state index in [2.05, 4.69) is 19.9 Å². The molecule has 3 aromatic rings. The zero-order chi connectivity index (χ0) is 17.8. The molecule has 6 heteroatoms. The maximum Gasteiger partial charge on any atom is 0.227 e. The highest BCUT2D eigenvalue weighted by Gasteiger charge is 2.27. The molecular formula is C20H22N4OS. The molecular weight excluding hydrogens is 344 g/mol. The summed E-state index contributed by atoms with van der Waals surface area (Å²) in [7, 11) is 0. The fourth-order valence-corrected chi connectivity index (χ4v) is 4.15. The minimum atomic E-state index is 0.207. The van der Waals surface area contributed by atoms with Crippen LogP contribution in [-0.2, 0) is 17.8 Å². The van der Waals surface area contributed by atoms with Crippen LogP contribution < -0.4 is 0 Å². The van der Waals surface area contributed by atoms with Gasteiger partial charge in [0.25, 0.3) is 0 Å². The summed E-state index contributed by atoms with van der Waals surface area (Å²) in [6.45, 7) is 2.34. The highest BCUT2D eigenvalue weighted by molar-refractivity contribution is 7.07. The summed E-state index contributed by atoms with van der Waals surface area (Å²) in [4.78, 5) is 23.7. The number of benzene rings is 1. The lowest BCUT2D eigenvalue weighted by Gasteiger charge is -2.32. The molecule has 5 nitrogen and oxygen atoms in total. The van der Waals surface area contributed by atoms with E-state index in [1.165, 1.54) is 0 Å². The average Bonchev–Trinajstić information content (AvgIpc) is 3.35. The van der Waals surface area contributed by atoms with Gasteiger partial charge in [0.15, 0.2) is 0 Å². The Balaban J connectivity index is 1.44. The molecule has 0 N–H and O–H groups in total. The Hall–Kier alpha value is -2.47. The number of hydrogen-bond acceptors (Lipinski definition) is 4. The molecule has 1 fully saturated rings. The van der Waals surface area contributed by atoms with Crippen molar-refractivity contribution in [2.75, 3.05) is 13.1 Å². The molecule has 1 atom stereocenters. The van der Waals surface area contributed by atoms with Gasteiger partial charge in [0.2, 0.25) is 5.91 Å². The fraction of sp³-hybridized carbons (Fsp3) is 0.350. The first-order chi connectivity index (χ1) is 12.8. The van der Waals surface area contributed by atoms with Crippen molar-refractivity contribution in [1.29, 1.82) is 0 Å². The molecule has 1 aromatic carbocycles. The topological polar surface area (TPSA) is 51.0 Å². The molecule has 0 radical (unpaired) electrons. The normalized spacial score (nSPS) is 17.4. The van der Waals surface area contributed by atoms with Gasteiger partial charge in [0, 0.05) is 36.8 Å². The molecule has 0 saturated carbocycles. The van der Waals surface area contributed by atoms with E-state index in [0.29, 0.717) is 6.42 Å². The number of imidazole rings is 1. The van der Waals surface area contributed by atoms with Crippen LogP contribution in [0.1, 0.15) is 35.8 Å². The lowest BCUT2D eigenvalue weighted by atomic mass is 9.96. The van der Waals surface area contributed by atoms with E-state index >= 15 is 0 Å². The number of rotatable bonds is 5. The standard InChI is InChI=1S/C20H22N4OS/c25-19(11-16-5-2-1-3-6-16)23-9-4-7-17(12-23)20-21-8-10-24(20)13-18-14-26-15-22-18/h1-3,5-6,8,10,14-15,17H,4,7,9,11-13H2. The number of nitrogens with zero attached hydrogens (tertiary/aromatic N) is 4. The highest BCUT2D eigenvalue weighted by Crippen LogP contribution is 2.26. The van der Waals surface area contributed by atoms with Gasteiger partial charge in [0.1, 0.15) is 5.82 Å². The number of hydrogen-bond donors (Lipinski definition) is 0. The van der Waals surface area contributed by atoms with Crippen molar-refractivity contribution in [2.45, 2.75) is 31.7 Å². The zero-order valence-corrected chi connectivity index (χ0v) is 15.4. The second-order valence-electron chi connectivity index (χ2n) is 6.73. The molecule has 1 aliphatic rings. The van der Waals surface area contributed by atoms with Crippen LogP contribution in [0, 0.1) is 0 Å². The van der Waals surface area contributed by atoms with Crippen LogP contribution >= 0.6 is 11.3 Å². The van der Waals surface area contributed by atoms with Crippen LogP contribution in [0.25, 0.3) is 0 Å². The average molecular weight is 366 g/mol. The molecule has 1 saturated heterocycles. The summed E-state index contributed by atoms with van der Waals surface area (Å²) < 4.78 is 2.17. The van der Waals surface area contributed by atoms with Gasteiger partial charge < -0.3 is 9.47 Å². The summed E-state index contributed by atoms with van der Waals surface area (Å²) >= 11 is 1.61. The summed E-state index contributed by atoms with van der Waals surface area (Å²) in [5.41, 5.74) is 3.99. The van der Waals surface area contributed by atoms with Crippen LogP contribution in [-0.4, -0.2) is 38.4 Å². The van der Waals surface area contributed by atoms with Gasteiger partial charge in [-0.05, 0) is 18.4 Å². The van der Waals surface area contributed by atoms with Crippen LogP contribution in [0.15, 0.2) is 53.6 Å². The van der Waals surface area contributed by atoms with E-state index in [-0.39, 0.29) is 11.8 Å². The van der Waals surface area contributed by atoms with Gasteiger partial charge in [-0.25, -0.2) is 9.97 Å². The predicted octanol–water partition coefficient (Wildman–Crippen LogP) is 3.34. The van der Waals surface area contributed by atoms with Gasteiger partial charge in [0.05, 0.1) is 24.2 Å². The Morgan fingerprint density at radius 2 is 2.12 bits per heavy atom. The Morgan fingerprint density at radius 1 is 1.23 bits per heavy atom. The molecule has 134 valence electrons.